The molecule has 57 heavy (non-hydrogen) atoms. The Hall–Kier alpha value is -4.35. The van der Waals surface area contributed by atoms with Gasteiger partial charge in [-0.15, -0.1) is 5.06 Å². The van der Waals surface area contributed by atoms with Gasteiger partial charge in [0.05, 0.1) is 46.6 Å². The third-order valence-corrected chi connectivity index (χ3v) is 12.7. The number of imide groups is 1. The van der Waals surface area contributed by atoms with Crippen LogP contribution in [0.5, 0.6) is 0 Å². The lowest BCUT2D eigenvalue weighted by Gasteiger charge is -2.30. The highest BCUT2D eigenvalue weighted by molar-refractivity contribution is 7.86. The fourth-order valence-corrected chi connectivity index (χ4v) is 8.67. The Bertz CT molecular complexity index is 2360. The average molecular weight is 854 g/mol. The lowest BCUT2D eigenvalue weighted by Crippen LogP contribution is -2.33. The van der Waals surface area contributed by atoms with Gasteiger partial charge in [-0.05, 0) is 92.8 Å². The highest BCUT2D eigenvalue weighted by Gasteiger charge is 2.44. The molecule has 0 bridgehead atoms. The monoisotopic (exact) mass is 853 g/mol. The molecule has 2 aromatic carbocycles. The lowest BCUT2D eigenvalue weighted by atomic mass is 9.75. The number of fused-ring (bicyclic) bond motifs is 2. The molecular weight excluding hydrogens is 811 g/mol. The third kappa shape index (κ3) is 9.86. The number of amides is 2. The summed E-state index contributed by atoms with van der Waals surface area (Å²) >= 11 is 0. The molecule has 0 spiro atoms. The number of methoxy groups -OCH3 is 1. The van der Waals surface area contributed by atoms with Gasteiger partial charge in [0, 0.05) is 55.3 Å². The van der Waals surface area contributed by atoms with Crippen molar-refractivity contribution in [2.24, 2.45) is 4.99 Å². The van der Waals surface area contributed by atoms with Crippen LogP contribution in [0.1, 0.15) is 63.5 Å². The maximum absolute atomic E-state index is 12.3. The highest BCUT2D eigenvalue weighted by Crippen LogP contribution is 2.51. The Balaban J connectivity index is 1.46. The van der Waals surface area contributed by atoms with Crippen LogP contribution in [0.2, 0.25) is 0 Å². The molecule has 3 heterocycles. The van der Waals surface area contributed by atoms with E-state index in [1.807, 2.05) is 11.8 Å². The number of hydroxylamine groups is 2. The minimum absolute atomic E-state index is 0.0146. The lowest BCUT2D eigenvalue weighted by molar-refractivity contribution is -0.198. The molecule has 21 heteroatoms. The summed E-state index contributed by atoms with van der Waals surface area (Å²) in [5.74, 6) is -2.62. The molecule has 3 aliphatic rings. The van der Waals surface area contributed by atoms with Crippen LogP contribution < -0.4 is 4.90 Å². The molecule has 2 aromatic rings. The quantitative estimate of drug-likeness (QED) is 0.110. The number of anilines is 1. The molecule has 0 radical (unpaired) electrons. The molecule has 2 amide bonds. The molecule has 0 saturated carbocycles. The molecular formula is C36H43N3O15S3. The fraction of sp³-hybridized carbons (Fsp3) is 0.444. The van der Waals surface area contributed by atoms with Crippen molar-refractivity contribution >= 4 is 65.2 Å². The van der Waals surface area contributed by atoms with E-state index < -0.39 is 64.7 Å². The van der Waals surface area contributed by atoms with Crippen LogP contribution in [0.3, 0.4) is 0 Å². The maximum Gasteiger partial charge on any atom is 0.335 e. The number of nitrogens with zero attached hydrogens (tertiary/aromatic N) is 3. The summed E-state index contributed by atoms with van der Waals surface area (Å²) in [5.41, 5.74) is 1.02. The van der Waals surface area contributed by atoms with Crippen molar-refractivity contribution in [3.63, 3.8) is 0 Å². The number of carbonyl (C=O) groups is 3. The van der Waals surface area contributed by atoms with Gasteiger partial charge in [-0.3, -0.25) is 28.2 Å². The molecule has 18 nitrogen and oxygen atoms in total. The summed E-state index contributed by atoms with van der Waals surface area (Å²) < 4.78 is 112. The second-order valence-corrected chi connectivity index (χ2v) is 18.5. The summed E-state index contributed by atoms with van der Waals surface area (Å²) in [7, 11) is -12.0. The van der Waals surface area contributed by atoms with Crippen molar-refractivity contribution in [2.45, 2.75) is 73.0 Å². The van der Waals surface area contributed by atoms with E-state index in [1.54, 1.807) is 31.2 Å². The number of hydrogen-bond donors (Lipinski definition) is 3. The van der Waals surface area contributed by atoms with Crippen molar-refractivity contribution in [3.8, 4) is 0 Å². The zero-order chi connectivity index (χ0) is 42.0. The Kier molecular flexibility index (Phi) is 12.9. The van der Waals surface area contributed by atoms with Crippen molar-refractivity contribution in [1.82, 2.24) is 5.06 Å². The van der Waals surface area contributed by atoms with E-state index in [0.717, 1.165) is 0 Å². The van der Waals surface area contributed by atoms with Crippen LogP contribution in [0.4, 0.5) is 11.4 Å². The van der Waals surface area contributed by atoms with Crippen molar-refractivity contribution in [3.05, 3.63) is 71.5 Å². The predicted molar refractivity (Wildman–Crippen MR) is 204 cm³/mol. The molecule has 0 aromatic heterocycles. The maximum atomic E-state index is 12.3. The van der Waals surface area contributed by atoms with E-state index in [1.165, 1.54) is 37.4 Å². The van der Waals surface area contributed by atoms with E-state index in [9.17, 15) is 53.3 Å². The standard InChI is InChI=1S/C36H43N3O15S3/c1-35(15-5-21-55(43,44)45)26-22-24(56(46,47)48)8-10-28(26)37-30(35)6-4-7-31-36(2,16-19-52-3)27-23-25(57(49,50)51)9-11-29(27)38(31)17-20-53-18-14-34(42)54-39-32(40)12-13-33(39)41/h4,6-11,22-23H,5,12-21H2,1-3H3,(H,43,44,45)(H,46,47,48)(H,49,50,51)/b6-4+,31-7+. The number of ether oxygens (including phenoxy) is 2. The second-order valence-electron chi connectivity index (χ2n) is 14.1. The Morgan fingerprint density at radius 3 is 2.11 bits per heavy atom. The van der Waals surface area contributed by atoms with Gasteiger partial charge in [0.25, 0.3) is 42.2 Å². The van der Waals surface area contributed by atoms with Gasteiger partial charge >= 0.3 is 5.97 Å². The molecule has 3 N–H and O–H groups in total. The molecule has 310 valence electrons. The number of rotatable bonds is 18. The van der Waals surface area contributed by atoms with Crippen LogP contribution in [0, 0.1) is 0 Å². The number of benzene rings is 2. The van der Waals surface area contributed by atoms with Gasteiger partial charge in [-0.25, -0.2) is 4.79 Å². The number of carbonyl (C=O) groups excluding carboxylic acids is 3. The largest absolute Gasteiger partial charge is 0.385 e. The first kappa shape index (κ1) is 43.8. The third-order valence-electron chi connectivity index (χ3n) is 10.2. The molecule has 2 unspecified atom stereocenters. The van der Waals surface area contributed by atoms with E-state index in [4.69, 9.17) is 19.3 Å². The average Bonchev–Trinajstić information content (AvgIpc) is 3.67. The van der Waals surface area contributed by atoms with Gasteiger partial charge in [0.1, 0.15) is 0 Å². The first-order chi connectivity index (χ1) is 26.6. The first-order valence-electron chi connectivity index (χ1n) is 17.7. The molecule has 2 atom stereocenters. The molecule has 1 saturated heterocycles. The minimum Gasteiger partial charge on any atom is -0.385 e. The van der Waals surface area contributed by atoms with Crippen LogP contribution in [-0.2, 0) is 69.9 Å². The van der Waals surface area contributed by atoms with E-state index in [2.05, 4.69) is 0 Å². The number of allylic oxidation sites excluding steroid dienone is 4. The second kappa shape index (κ2) is 16.9. The topological polar surface area (TPSA) is 261 Å². The summed E-state index contributed by atoms with van der Waals surface area (Å²) in [5, 5.41) is 0.449. The first-order valence-corrected chi connectivity index (χ1v) is 22.2. The normalized spacial score (nSPS) is 21.8. The zero-order valence-electron chi connectivity index (χ0n) is 31.3. The zero-order valence-corrected chi connectivity index (χ0v) is 33.7. The van der Waals surface area contributed by atoms with Crippen LogP contribution in [0.15, 0.2) is 75.1 Å². The summed E-state index contributed by atoms with van der Waals surface area (Å²) in [6.45, 7) is 3.95. The Morgan fingerprint density at radius 2 is 1.49 bits per heavy atom. The van der Waals surface area contributed by atoms with Gasteiger partial charge in [-0.1, -0.05) is 6.08 Å². The molecule has 0 aliphatic carbocycles. The Morgan fingerprint density at radius 1 is 0.860 bits per heavy atom. The van der Waals surface area contributed by atoms with E-state index >= 15 is 0 Å². The summed E-state index contributed by atoms with van der Waals surface area (Å²) in [6, 6.07) is 8.08. The van der Waals surface area contributed by atoms with E-state index in [-0.39, 0.29) is 68.3 Å². The SMILES string of the molecule is COCCC1(C)/C(=C\C=C\C2=Nc3ccc(S(=O)(=O)O)cc3C2(C)CCCS(=O)(=O)O)N(CCOCCC(=O)ON2C(=O)CCC2=O)c2ccc(S(=O)(=O)O)cc21. The Labute approximate surface area is 330 Å². The van der Waals surface area contributed by atoms with Gasteiger partial charge in [-0.2, -0.15) is 25.3 Å². The van der Waals surface area contributed by atoms with E-state index in [0.29, 0.717) is 45.4 Å². The van der Waals surface area contributed by atoms with Crippen LogP contribution in [0.25, 0.3) is 0 Å². The molecule has 1 fully saturated rings. The number of aliphatic imine (C=N–C) groups is 1. The summed E-state index contributed by atoms with van der Waals surface area (Å²) in [4.78, 5) is 46.6. The smallest absolute Gasteiger partial charge is 0.335 e. The van der Waals surface area contributed by atoms with Gasteiger partial charge in [0.2, 0.25) is 0 Å². The molecule has 3 aliphatic heterocycles. The van der Waals surface area contributed by atoms with Crippen LogP contribution in [-0.4, -0.2) is 107 Å². The predicted octanol–water partition coefficient (Wildman–Crippen LogP) is 3.46. The fourth-order valence-electron chi connectivity index (χ4n) is 7.15. The van der Waals surface area contributed by atoms with Crippen LogP contribution >= 0.6 is 0 Å². The van der Waals surface area contributed by atoms with Crippen molar-refractivity contribution < 1.29 is 67.6 Å². The summed E-state index contributed by atoms with van der Waals surface area (Å²) in [6.07, 6.45) is 5.19. The number of hydrogen-bond acceptors (Lipinski definition) is 14. The van der Waals surface area contributed by atoms with Gasteiger partial charge < -0.3 is 19.2 Å². The van der Waals surface area contributed by atoms with Crippen molar-refractivity contribution in [1.29, 1.82) is 0 Å². The van der Waals surface area contributed by atoms with Crippen molar-refractivity contribution in [2.75, 3.05) is 44.1 Å². The highest BCUT2D eigenvalue weighted by atomic mass is 32.2. The van der Waals surface area contributed by atoms with Gasteiger partial charge in [0.15, 0.2) is 0 Å². The minimum atomic E-state index is -4.60. The molecule has 5 rings (SSSR count).